The molecule has 0 heterocycles. The van der Waals surface area contributed by atoms with Crippen molar-refractivity contribution in [3.05, 3.63) is 34.1 Å². The van der Waals surface area contributed by atoms with E-state index >= 15 is 0 Å². The molecule has 1 nitrogen and oxygen atoms in total. The first-order chi connectivity index (χ1) is 8.20. The second-order valence-electron chi connectivity index (χ2n) is 3.88. The lowest BCUT2D eigenvalue weighted by Gasteiger charge is -2.20. The van der Waals surface area contributed by atoms with E-state index in [0.717, 1.165) is 23.9 Å². The normalized spacial score (nSPS) is 12.1. The maximum absolute atomic E-state index is 13.8. The topological polar surface area (TPSA) is 12.0 Å². The summed E-state index contributed by atoms with van der Waals surface area (Å²) in [7, 11) is 0. The summed E-state index contributed by atoms with van der Waals surface area (Å²) in [5.74, 6) is 2.42. The van der Waals surface area contributed by atoms with Crippen LogP contribution in [0.15, 0.2) is 22.7 Å². The largest absolute Gasteiger partial charge is 0.310 e. The van der Waals surface area contributed by atoms with Gasteiger partial charge in [0.25, 0.3) is 0 Å². The molecule has 0 saturated heterocycles. The van der Waals surface area contributed by atoms with Gasteiger partial charge in [0.1, 0.15) is 5.82 Å². The van der Waals surface area contributed by atoms with E-state index < -0.39 is 0 Å². The van der Waals surface area contributed by atoms with Gasteiger partial charge >= 0.3 is 0 Å². The van der Waals surface area contributed by atoms with Crippen molar-refractivity contribution in [2.24, 2.45) is 0 Å². The van der Waals surface area contributed by atoms with E-state index in [-0.39, 0.29) is 11.9 Å². The third kappa shape index (κ3) is 4.14. The predicted molar refractivity (Wildman–Crippen MR) is 73.2 cm³/mol. The predicted octanol–water partition coefficient (Wildman–Crippen LogP) is 4.04. The van der Waals surface area contributed by atoms with Crippen LogP contribution in [0.25, 0.3) is 0 Å². The van der Waals surface area contributed by atoms with Crippen molar-refractivity contribution < 1.29 is 4.39 Å². The molecule has 1 aromatic rings. The fourth-order valence-corrected chi connectivity index (χ4v) is 2.36. The smallest absolute Gasteiger partial charge is 0.129 e. The van der Waals surface area contributed by atoms with Crippen LogP contribution in [0.2, 0.25) is 0 Å². The number of hydrogen-bond donors (Lipinski definition) is 1. The molecule has 0 aliphatic rings. The molecule has 3 heteroatoms. The number of nitrogens with one attached hydrogen (secondary N) is 1. The SMILES string of the molecule is C#CCCC(NCCC)c1c(F)cccc1Br. The maximum Gasteiger partial charge on any atom is 0.129 e. The van der Waals surface area contributed by atoms with Gasteiger partial charge in [0.05, 0.1) is 0 Å². The maximum atomic E-state index is 13.8. The molecule has 1 rings (SSSR count). The molecule has 92 valence electrons. The van der Waals surface area contributed by atoms with Crippen molar-refractivity contribution in [2.75, 3.05) is 6.54 Å². The fourth-order valence-electron chi connectivity index (χ4n) is 1.74. The van der Waals surface area contributed by atoms with Gasteiger partial charge in [0.2, 0.25) is 0 Å². The molecule has 0 fully saturated rings. The summed E-state index contributed by atoms with van der Waals surface area (Å²) in [6.07, 6.45) is 7.68. The molecule has 0 aromatic heterocycles. The van der Waals surface area contributed by atoms with Crippen LogP contribution in [-0.2, 0) is 0 Å². The molecular weight excluding hydrogens is 281 g/mol. The standard InChI is InChI=1S/C14H17BrFN/c1-3-5-9-13(17-10-4-2)14-11(15)7-6-8-12(14)16/h1,6-8,13,17H,4-5,9-10H2,2H3. The highest BCUT2D eigenvalue weighted by molar-refractivity contribution is 9.10. The average molecular weight is 298 g/mol. The van der Waals surface area contributed by atoms with Gasteiger partial charge in [-0.15, -0.1) is 12.3 Å². The lowest BCUT2D eigenvalue weighted by molar-refractivity contribution is 0.476. The lowest BCUT2D eigenvalue weighted by Crippen LogP contribution is -2.23. The van der Waals surface area contributed by atoms with Gasteiger partial charge in [0.15, 0.2) is 0 Å². The molecule has 0 amide bonds. The Labute approximate surface area is 111 Å². The van der Waals surface area contributed by atoms with E-state index in [9.17, 15) is 4.39 Å². The fraction of sp³-hybridized carbons (Fsp3) is 0.429. The van der Waals surface area contributed by atoms with Crippen LogP contribution >= 0.6 is 15.9 Å². The number of halogens is 2. The Morgan fingerprint density at radius 1 is 1.53 bits per heavy atom. The third-order valence-electron chi connectivity index (χ3n) is 2.57. The average Bonchev–Trinajstić information content (AvgIpc) is 2.31. The summed E-state index contributed by atoms with van der Waals surface area (Å²) in [6.45, 7) is 2.94. The van der Waals surface area contributed by atoms with E-state index in [4.69, 9.17) is 6.42 Å². The van der Waals surface area contributed by atoms with Gasteiger partial charge in [-0.2, -0.15) is 0 Å². The Bertz CT molecular complexity index is 377. The van der Waals surface area contributed by atoms with Crippen molar-refractivity contribution in [3.8, 4) is 12.3 Å². The second-order valence-corrected chi connectivity index (χ2v) is 4.74. The number of rotatable bonds is 6. The van der Waals surface area contributed by atoms with E-state index in [1.807, 2.05) is 6.07 Å². The van der Waals surface area contributed by atoms with Crippen LogP contribution in [0.1, 0.15) is 37.8 Å². The molecule has 1 N–H and O–H groups in total. The van der Waals surface area contributed by atoms with Crippen molar-refractivity contribution in [1.29, 1.82) is 0 Å². The molecule has 1 aromatic carbocycles. The van der Waals surface area contributed by atoms with E-state index in [1.165, 1.54) is 6.07 Å². The Hall–Kier alpha value is -0.850. The highest BCUT2D eigenvalue weighted by Crippen LogP contribution is 2.29. The van der Waals surface area contributed by atoms with Crippen LogP contribution in [0.4, 0.5) is 4.39 Å². The molecule has 17 heavy (non-hydrogen) atoms. The number of hydrogen-bond acceptors (Lipinski definition) is 1. The molecule has 0 spiro atoms. The van der Waals surface area contributed by atoms with Crippen LogP contribution in [0.5, 0.6) is 0 Å². The van der Waals surface area contributed by atoms with Crippen molar-refractivity contribution >= 4 is 15.9 Å². The van der Waals surface area contributed by atoms with Gasteiger partial charge in [-0.1, -0.05) is 28.9 Å². The highest BCUT2D eigenvalue weighted by Gasteiger charge is 2.17. The summed E-state index contributed by atoms with van der Waals surface area (Å²) in [4.78, 5) is 0. The monoisotopic (exact) mass is 297 g/mol. The Morgan fingerprint density at radius 2 is 2.29 bits per heavy atom. The van der Waals surface area contributed by atoms with Gasteiger partial charge in [-0.25, -0.2) is 4.39 Å². The van der Waals surface area contributed by atoms with Crippen LogP contribution in [0.3, 0.4) is 0 Å². The zero-order chi connectivity index (χ0) is 12.7. The zero-order valence-corrected chi connectivity index (χ0v) is 11.6. The Balaban J connectivity index is 2.91. The second kappa shape index (κ2) is 7.47. The summed E-state index contributed by atoms with van der Waals surface area (Å²) in [6, 6.07) is 5.01. The third-order valence-corrected chi connectivity index (χ3v) is 3.26. The first kappa shape index (κ1) is 14.2. The van der Waals surface area contributed by atoms with E-state index in [1.54, 1.807) is 6.07 Å². The summed E-state index contributed by atoms with van der Waals surface area (Å²) in [5.41, 5.74) is 0.677. The zero-order valence-electron chi connectivity index (χ0n) is 9.97. The quantitative estimate of drug-likeness (QED) is 0.782. The Morgan fingerprint density at radius 3 is 2.88 bits per heavy atom. The van der Waals surface area contributed by atoms with E-state index in [0.29, 0.717) is 12.0 Å². The van der Waals surface area contributed by atoms with Crippen LogP contribution in [-0.4, -0.2) is 6.54 Å². The van der Waals surface area contributed by atoms with Gasteiger partial charge in [-0.05, 0) is 31.5 Å². The highest BCUT2D eigenvalue weighted by atomic mass is 79.9. The number of benzene rings is 1. The first-order valence-corrected chi connectivity index (χ1v) is 6.60. The molecule has 0 aliphatic carbocycles. The minimum Gasteiger partial charge on any atom is -0.310 e. The molecule has 0 radical (unpaired) electrons. The van der Waals surface area contributed by atoms with Crippen molar-refractivity contribution in [1.82, 2.24) is 5.32 Å². The summed E-state index contributed by atoms with van der Waals surface area (Å²) >= 11 is 3.40. The molecular formula is C14H17BrFN. The minimum atomic E-state index is -0.190. The molecule has 0 saturated carbocycles. The van der Waals surface area contributed by atoms with Crippen LogP contribution in [0, 0.1) is 18.2 Å². The first-order valence-electron chi connectivity index (χ1n) is 5.81. The van der Waals surface area contributed by atoms with Gasteiger partial charge in [-0.3, -0.25) is 0 Å². The lowest BCUT2D eigenvalue weighted by atomic mass is 10.0. The van der Waals surface area contributed by atoms with E-state index in [2.05, 4.69) is 34.1 Å². The van der Waals surface area contributed by atoms with Gasteiger partial charge in [0, 0.05) is 22.5 Å². The molecule has 1 unspecified atom stereocenters. The van der Waals surface area contributed by atoms with Crippen LogP contribution < -0.4 is 5.32 Å². The molecule has 1 atom stereocenters. The molecule has 0 aliphatic heterocycles. The summed E-state index contributed by atoms with van der Waals surface area (Å²) < 4.78 is 14.6. The number of terminal acetylenes is 1. The van der Waals surface area contributed by atoms with Crippen molar-refractivity contribution in [3.63, 3.8) is 0 Å². The molecule has 0 bridgehead atoms. The minimum absolute atomic E-state index is 0.0263. The summed E-state index contributed by atoms with van der Waals surface area (Å²) in [5, 5.41) is 3.34. The van der Waals surface area contributed by atoms with Gasteiger partial charge < -0.3 is 5.32 Å². The van der Waals surface area contributed by atoms with Crippen molar-refractivity contribution in [2.45, 2.75) is 32.2 Å². The Kier molecular flexibility index (Phi) is 6.25.